The van der Waals surface area contributed by atoms with Crippen LogP contribution >= 0.6 is 11.6 Å². The monoisotopic (exact) mass is 404 g/mol. The van der Waals surface area contributed by atoms with Crippen LogP contribution in [0.15, 0.2) is 48.7 Å². The molecule has 0 aliphatic heterocycles. The van der Waals surface area contributed by atoms with Gasteiger partial charge in [-0.2, -0.15) is 0 Å². The van der Waals surface area contributed by atoms with E-state index in [9.17, 15) is 13.6 Å². The molecule has 3 rings (SSSR count). The number of carboxylic acids is 1. The lowest BCUT2D eigenvalue weighted by Crippen LogP contribution is -2.09. The summed E-state index contributed by atoms with van der Waals surface area (Å²) in [6.45, 7) is 1.51. The Morgan fingerprint density at radius 3 is 2.43 bits per heavy atom. The molecule has 0 spiro atoms. The molecular formula is C20H15ClF2N2O3. The topological polar surface area (TPSA) is 85.4 Å². The van der Waals surface area contributed by atoms with Gasteiger partial charge in [0.1, 0.15) is 17.7 Å². The number of hydrogen-bond acceptors (Lipinski definition) is 4. The fourth-order valence-electron chi connectivity index (χ4n) is 2.68. The number of pyridine rings is 1. The molecule has 0 fully saturated rings. The lowest BCUT2D eigenvalue weighted by molar-refractivity contribution is 0.0697. The molecule has 0 aliphatic rings. The number of rotatable bonds is 5. The minimum absolute atomic E-state index is 0.0608. The molecule has 0 radical (unpaired) electrons. The van der Waals surface area contributed by atoms with Crippen LogP contribution in [0, 0.1) is 11.6 Å². The highest BCUT2D eigenvalue weighted by molar-refractivity contribution is 6.31. The molecule has 144 valence electrons. The molecule has 0 saturated carbocycles. The van der Waals surface area contributed by atoms with Gasteiger partial charge in [-0.25, -0.2) is 18.6 Å². The van der Waals surface area contributed by atoms with Crippen LogP contribution in [0.1, 0.15) is 28.9 Å². The molecule has 8 heteroatoms. The first-order valence-electron chi connectivity index (χ1n) is 8.17. The fraction of sp³-hybridized carbons (Fsp3) is 0.100. The summed E-state index contributed by atoms with van der Waals surface area (Å²) in [6.07, 6.45) is 0.565. The van der Waals surface area contributed by atoms with Gasteiger partial charge in [0.15, 0.2) is 11.6 Å². The van der Waals surface area contributed by atoms with Gasteiger partial charge in [-0.1, -0.05) is 23.7 Å². The Morgan fingerprint density at radius 2 is 1.79 bits per heavy atom. The van der Waals surface area contributed by atoms with Gasteiger partial charge in [-0.05, 0) is 42.8 Å². The van der Waals surface area contributed by atoms with Crippen molar-refractivity contribution >= 4 is 23.4 Å². The van der Waals surface area contributed by atoms with E-state index >= 15 is 0 Å². The molecule has 0 bridgehead atoms. The number of hydrogen-bond donors (Lipinski definition) is 2. The molecule has 5 nitrogen and oxygen atoms in total. The average molecular weight is 405 g/mol. The van der Waals surface area contributed by atoms with Crippen molar-refractivity contribution in [2.75, 3.05) is 5.73 Å². The summed E-state index contributed by atoms with van der Waals surface area (Å²) >= 11 is 5.88. The lowest BCUT2D eigenvalue weighted by atomic mass is 10.1. The van der Waals surface area contributed by atoms with Gasteiger partial charge in [-0.3, -0.25) is 0 Å². The summed E-state index contributed by atoms with van der Waals surface area (Å²) in [5.74, 6) is -2.27. The molecule has 0 amide bonds. The summed E-state index contributed by atoms with van der Waals surface area (Å²) in [6, 6.07) is 9.64. The van der Waals surface area contributed by atoms with Crippen molar-refractivity contribution in [2.45, 2.75) is 13.0 Å². The highest BCUT2D eigenvalue weighted by atomic mass is 35.5. The highest BCUT2D eigenvalue weighted by Crippen LogP contribution is 2.34. The SMILES string of the molecule is CC(Oc1cc(-c2ccc(C(=O)O)cc2)cnc1N)c1c(F)ccc(F)c1Cl. The molecule has 28 heavy (non-hydrogen) atoms. The first kappa shape index (κ1) is 19.6. The van der Waals surface area contributed by atoms with Gasteiger partial charge in [0.25, 0.3) is 0 Å². The standard InChI is InChI=1S/C20H15ClF2N2O3/c1-10(17-14(22)6-7-15(23)18(17)21)28-16-8-13(9-25-19(16)24)11-2-4-12(5-3-11)20(26)27/h2-10H,1H3,(H2,24,25)(H,26,27). The van der Waals surface area contributed by atoms with Crippen molar-refractivity contribution in [3.63, 3.8) is 0 Å². The van der Waals surface area contributed by atoms with E-state index in [1.165, 1.54) is 25.3 Å². The summed E-state index contributed by atoms with van der Waals surface area (Å²) in [4.78, 5) is 15.0. The molecule has 0 aliphatic carbocycles. The number of anilines is 1. The van der Waals surface area contributed by atoms with Crippen LogP contribution in [0.5, 0.6) is 5.75 Å². The summed E-state index contributed by atoms with van der Waals surface area (Å²) in [7, 11) is 0. The Hall–Kier alpha value is -3.19. The number of nitrogen functional groups attached to an aromatic ring is 1. The van der Waals surface area contributed by atoms with Crippen molar-refractivity contribution in [3.8, 4) is 16.9 Å². The Bertz CT molecular complexity index is 1040. The van der Waals surface area contributed by atoms with Crippen molar-refractivity contribution in [1.29, 1.82) is 0 Å². The van der Waals surface area contributed by atoms with E-state index in [0.29, 0.717) is 11.1 Å². The first-order valence-corrected chi connectivity index (χ1v) is 8.55. The van der Waals surface area contributed by atoms with E-state index in [4.69, 9.17) is 27.2 Å². The van der Waals surface area contributed by atoms with Crippen LogP contribution in [0.4, 0.5) is 14.6 Å². The fourth-order valence-corrected chi connectivity index (χ4v) is 2.98. The molecule has 1 unspecified atom stereocenters. The molecule has 3 aromatic rings. The van der Waals surface area contributed by atoms with Gasteiger partial charge in [-0.15, -0.1) is 0 Å². The maximum absolute atomic E-state index is 14.1. The van der Waals surface area contributed by atoms with Crippen molar-refractivity contribution in [2.24, 2.45) is 0 Å². The smallest absolute Gasteiger partial charge is 0.335 e. The predicted molar refractivity (Wildman–Crippen MR) is 101 cm³/mol. The Morgan fingerprint density at radius 1 is 1.14 bits per heavy atom. The number of carbonyl (C=O) groups is 1. The second-order valence-corrected chi connectivity index (χ2v) is 6.38. The lowest BCUT2D eigenvalue weighted by Gasteiger charge is -2.18. The molecule has 1 atom stereocenters. The largest absolute Gasteiger partial charge is 0.482 e. The van der Waals surface area contributed by atoms with Crippen LogP contribution in [0.25, 0.3) is 11.1 Å². The van der Waals surface area contributed by atoms with Gasteiger partial charge in [0.05, 0.1) is 10.6 Å². The molecule has 1 aromatic heterocycles. The zero-order chi connectivity index (χ0) is 20.4. The van der Waals surface area contributed by atoms with Crippen molar-refractivity contribution < 1.29 is 23.4 Å². The van der Waals surface area contributed by atoms with Gasteiger partial charge in [0, 0.05) is 17.3 Å². The van der Waals surface area contributed by atoms with E-state index in [2.05, 4.69) is 4.98 Å². The third-order valence-corrected chi connectivity index (χ3v) is 4.52. The zero-order valence-corrected chi connectivity index (χ0v) is 15.4. The van der Waals surface area contributed by atoms with Crippen LogP contribution in [-0.2, 0) is 0 Å². The van der Waals surface area contributed by atoms with Crippen LogP contribution in [0.2, 0.25) is 5.02 Å². The van der Waals surface area contributed by atoms with E-state index in [-0.39, 0.29) is 27.7 Å². The van der Waals surface area contributed by atoms with Crippen molar-refractivity contribution in [3.05, 3.63) is 76.4 Å². The molecule has 3 N–H and O–H groups in total. The molecule has 2 aromatic carbocycles. The second kappa shape index (κ2) is 7.82. The Labute approximate surface area is 164 Å². The summed E-state index contributed by atoms with van der Waals surface area (Å²) < 4.78 is 33.5. The van der Waals surface area contributed by atoms with E-state index in [0.717, 1.165) is 12.1 Å². The van der Waals surface area contributed by atoms with Gasteiger partial charge >= 0.3 is 5.97 Å². The Kier molecular flexibility index (Phi) is 5.46. The quantitative estimate of drug-likeness (QED) is 0.578. The minimum atomic E-state index is -1.03. The van der Waals surface area contributed by atoms with Gasteiger partial charge < -0.3 is 15.6 Å². The van der Waals surface area contributed by atoms with Crippen LogP contribution < -0.4 is 10.5 Å². The maximum atomic E-state index is 14.1. The van der Waals surface area contributed by atoms with E-state index in [1.807, 2.05) is 0 Å². The zero-order valence-electron chi connectivity index (χ0n) is 14.6. The number of ether oxygens (including phenoxy) is 1. The van der Waals surface area contributed by atoms with Crippen LogP contribution in [0.3, 0.4) is 0 Å². The van der Waals surface area contributed by atoms with Crippen molar-refractivity contribution in [1.82, 2.24) is 4.98 Å². The average Bonchev–Trinajstić information content (AvgIpc) is 2.67. The number of nitrogens with two attached hydrogens (primary N) is 1. The third-order valence-electron chi connectivity index (χ3n) is 4.14. The summed E-state index contributed by atoms with van der Waals surface area (Å²) in [5, 5.41) is 8.62. The molecule has 1 heterocycles. The Balaban J connectivity index is 1.92. The van der Waals surface area contributed by atoms with E-state index < -0.39 is 23.7 Å². The normalized spacial score (nSPS) is 11.9. The summed E-state index contributed by atoms with van der Waals surface area (Å²) in [5.41, 5.74) is 7.16. The number of carboxylic acid groups (broad SMARTS) is 1. The first-order chi connectivity index (χ1) is 13.3. The second-order valence-electron chi connectivity index (χ2n) is 6.01. The molecular weight excluding hydrogens is 390 g/mol. The van der Waals surface area contributed by atoms with E-state index in [1.54, 1.807) is 18.2 Å². The maximum Gasteiger partial charge on any atom is 0.335 e. The minimum Gasteiger partial charge on any atom is -0.482 e. The number of nitrogens with zero attached hydrogens (tertiary/aromatic N) is 1. The number of halogens is 3. The number of benzene rings is 2. The predicted octanol–water partition coefficient (Wildman–Crippen LogP) is 5.10. The number of aromatic nitrogens is 1. The molecule has 0 saturated heterocycles. The third kappa shape index (κ3) is 3.89. The number of aromatic carboxylic acids is 1. The highest BCUT2D eigenvalue weighted by Gasteiger charge is 2.21. The van der Waals surface area contributed by atoms with Gasteiger partial charge in [0.2, 0.25) is 0 Å². The van der Waals surface area contributed by atoms with Crippen LogP contribution in [-0.4, -0.2) is 16.1 Å².